The summed E-state index contributed by atoms with van der Waals surface area (Å²) in [5.74, 6) is -0.572. The Morgan fingerprint density at radius 3 is 2.28 bits per heavy atom. The summed E-state index contributed by atoms with van der Waals surface area (Å²) in [7, 11) is 0. The van der Waals surface area contributed by atoms with Crippen LogP contribution in [0.4, 0.5) is 0 Å². The molecule has 18 heavy (non-hydrogen) atoms. The third-order valence-corrected chi connectivity index (χ3v) is 4.52. The van der Waals surface area contributed by atoms with Crippen LogP contribution < -0.4 is 0 Å². The molecule has 2 rings (SSSR count). The minimum absolute atomic E-state index is 0.450. The highest BCUT2D eigenvalue weighted by molar-refractivity contribution is 5.74. The second-order valence-electron chi connectivity index (χ2n) is 5.70. The van der Waals surface area contributed by atoms with Crippen LogP contribution >= 0.6 is 0 Å². The van der Waals surface area contributed by atoms with Crippen LogP contribution in [-0.4, -0.2) is 48.8 Å². The van der Waals surface area contributed by atoms with E-state index in [2.05, 4.69) is 4.90 Å². The Balaban J connectivity index is 1.90. The lowest BCUT2D eigenvalue weighted by atomic mass is 9.77. The van der Waals surface area contributed by atoms with Crippen LogP contribution in [0.3, 0.4) is 0 Å². The van der Waals surface area contributed by atoms with Crippen molar-refractivity contribution in [2.45, 2.75) is 44.9 Å². The SMILES string of the molecule is O=C(O)C1(CCN2CCOCC2)CCCCCC1. The number of carboxylic acid groups (broad SMARTS) is 1. The molecule has 4 heteroatoms. The highest BCUT2D eigenvalue weighted by Crippen LogP contribution is 2.38. The molecule has 0 bridgehead atoms. The number of nitrogens with zero attached hydrogens (tertiary/aromatic N) is 1. The van der Waals surface area contributed by atoms with Crippen LogP contribution in [0.25, 0.3) is 0 Å². The topological polar surface area (TPSA) is 49.8 Å². The van der Waals surface area contributed by atoms with Gasteiger partial charge >= 0.3 is 5.97 Å². The van der Waals surface area contributed by atoms with Crippen LogP contribution in [0.2, 0.25) is 0 Å². The van der Waals surface area contributed by atoms with Crippen molar-refractivity contribution < 1.29 is 14.6 Å². The molecule has 1 aliphatic carbocycles. The molecule has 0 spiro atoms. The van der Waals surface area contributed by atoms with Gasteiger partial charge in [0.05, 0.1) is 18.6 Å². The lowest BCUT2D eigenvalue weighted by molar-refractivity contribution is -0.150. The number of ether oxygens (including phenoxy) is 1. The largest absolute Gasteiger partial charge is 0.481 e. The molecule has 104 valence electrons. The van der Waals surface area contributed by atoms with Crippen molar-refractivity contribution in [3.05, 3.63) is 0 Å². The molecular weight excluding hydrogens is 230 g/mol. The van der Waals surface area contributed by atoms with E-state index in [-0.39, 0.29) is 0 Å². The molecule has 0 radical (unpaired) electrons. The molecule has 0 aromatic carbocycles. The zero-order chi connectivity index (χ0) is 12.8. The Labute approximate surface area is 109 Å². The maximum absolute atomic E-state index is 11.7. The summed E-state index contributed by atoms with van der Waals surface area (Å²) in [6.07, 6.45) is 7.10. The van der Waals surface area contributed by atoms with Crippen LogP contribution in [0.5, 0.6) is 0 Å². The molecule has 2 aliphatic rings. The van der Waals surface area contributed by atoms with Crippen molar-refractivity contribution in [1.82, 2.24) is 4.90 Å². The molecule has 0 amide bonds. The van der Waals surface area contributed by atoms with Gasteiger partial charge in [-0.05, 0) is 25.8 Å². The third kappa shape index (κ3) is 3.45. The summed E-state index contributed by atoms with van der Waals surface area (Å²) in [6.45, 7) is 4.40. The Morgan fingerprint density at radius 2 is 1.72 bits per heavy atom. The second-order valence-corrected chi connectivity index (χ2v) is 5.70. The van der Waals surface area contributed by atoms with Crippen LogP contribution in [0.15, 0.2) is 0 Å². The highest BCUT2D eigenvalue weighted by Gasteiger charge is 2.38. The van der Waals surface area contributed by atoms with Gasteiger partial charge in [-0.15, -0.1) is 0 Å². The van der Waals surface area contributed by atoms with Gasteiger partial charge < -0.3 is 9.84 Å². The molecule has 0 unspecified atom stereocenters. The van der Waals surface area contributed by atoms with Gasteiger partial charge in [-0.3, -0.25) is 9.69 Å². The van der Waals surface area contributed by atoms with Gasteiger partial charge in [-0.2, -0.15) is 0 Å². The van der Waals surface area contributed by atoms with Gasteiger partial charge in [-0.25, -0.2) is 0 Å². The van der Waals surface area contributed by atoms with Gasteiger partial charge in [-0.1, -0.05) is 25.7 Å². The number of carboxylic acids is 1. The summed E-state index contributed by atoms with van der Waals surface area (Å²) in [4.78, 5) is 14.0. The fourth-order valence-electron chi connectivity index (χ4n) is 3.17. The molecule has 4 nitrogen and oxygen atoms in total. The molecule has 1 saturated carbocycles. The first-order valence-corrected chi connectivity index (χ1v) is 7.26. The van der Waals surface area contributed by atoms with E-state index in [1.807, 2.05) is 0 Å². The normalized spacial score (nSPS) is 25.6. The van der Waals surface area contributed by atoms with E-state index < -0.39 is 11.4 Å². The van der Waals surface area contributed by atoms with E-state index in [1.165, 1.54) is 12.8 Å². The lowest BCUT2D eigenvalue weighted by Gasteiger charge is -2.33. The number of aliphatic carboxylic acids is 1. The maximum atomic E-state index is 11.7. The molecule has 1 N–H and O–H groups in total. The minimum atomic E-state index is -0.572. The lowest BCUT2D eigenvalue weighted by Crippen LogP contribution is -2.40. The minimum Gasteiger partial charge on any atom is -0.481 e. The Morgan fingerprint density at radius 1 is 1.11 bits per heavy atom. The average molecular weight is 255 g/mol. The number of hydrogen-bond acceptors (Lipinski definition) is 3. The summed E-state index contributed by atoms with van der Waals surface area (Å²) < 4.78 is 5.33. The molecule has 1 saturated heterocycles. The van der Waals surface area contributed by atoms with Gasteiger partial charge in [0.15, 0.2) is 0 Å². The molecule has 2 fully saturated rings. The first-order chi connectivity index (χ1) is 8.73. The summed E-state index contributed by atoms with van der Waals surface area (Å²) >= 11 is 0. The van der Waals surface area contributed by atoms with E-state index in [0.29, 0.717) is 0 Å². The second kappa shape index (κ2) is 6.53. The van der Waals surface area contributed by atoms with Crippen molar-refractivity contribution in [2.75, 3.05) is 32.8 Å². The first-order valence-electron chi connectivity index (χ1n) is 7.26. The van der Waals surface area contributed by atoms with E-state index in [0.717, 1.165) is 65.0 Å². The van der Waals surface area contributed by atoms with E-state index in [4.69, 9.17) is 4.74 Å². The number of carbonyl (C=O) groups is 1. The number of rotatable bonds is 4. The maximum Gasteiger partial charge on any atom is 0.309 e. The molecule has 0 aromatic rings. The third-order valence-electron chi connectivity index (χ3n) is 4.52. The summed E-state index contributed by atoms with van der Waals surface area (Å²) in [6, 6.07) is 0. The quantitative estimate of drug-likeness (QED) is 0.782. The Hall–Kier alpha value is -0.610. The van der Waals surface area contributed by atoms with Gasteiger partial charge in [0.25, 0.3) is 0 Å². The number of hydrogen-bond donors (Lipinski definition) is 1. The number of morpholine rings is 1. The van der Waals surface area contributed by atoms with Crippen molar-refractivity contribution in [3.8, 4) is 0 Å². The Kier molecular flexibility index (Phi) is 5.01. The highest BCUT2D eigenvalue weighted by atomic mass is 16.5. The van der Waals surface area contributed by atoms with Crippen LogP contribution in [0.1, 0.15) is 44.9 Å². The summed E-state index contributed by atoms with van der Waals surface area (Å²) in [5, 5.41) is 9.60. The Bertz CT molecular complexity index is 266. The first kappa shape index (κ1) is 13.8. The molecule has 0 atom stereocenters. The van der Waals surface area contributed by atoms with E-state index in [1.54, 1.807) is 0 Å². The molecular formula is C14H25NO3. The fourth-order valence-corrected chi connectivity index (χ4v) is 3.17. The molecule has 0 aromatic heterocycles. The van der Waals surface area contributed by atoms with Gasteiger partial charge in [0, 0.05) is 13.1 Å². The zero-order valence-corrected chi connectivity index (χ0v) is 11.2. The van der Waals surface area contributed by atoms with E-state index >= 15 is 0 Å². The standard InChI is InChI=1S/C14H25NO3/c16-13(17)14(5-3-1-2-4-6-14)7-8-15-9-11-18-12-10-15/h1-12H2,(H,16,17). The average Bonchev–Trinajstić information content (AvgIpc) is 2.64. The van der Waals surface area contributed by atoms with E-state index in [9.17, 15) is 9.90 Å². The summed E-state index contributed by atoms with van der Waals surface area (Å²) in [5.41, 5.74) is -0.450. The fraction of sp³-hybridized carbons (Fsp3) is 0.929. The van der Waals surface area contributed by atoms with Crippen LogP contribution in [-0.2, 0) is 9.53 Å². The molecule has 1 aliphatic heterocycles. The predicted octanol–water partition coefficient (Wildman–Crippen LogP) is 2.13. The predicted molar refractivity (Wildman–Crippen MR) is 69.6 cm³/mol. The smallest absolute Gasteiger partial charge is 0.309 e. The monoisotopic (exact) mass is 255 g/mol. The van der Waals surface area contributed by atoms with Crippen LogP contribution in [0, 0.1) is 5.41 Å². The van der Waals surface area contributed by atoms with Crippen molar-refractivity contribution in [3.63, 3.8) is 0 Å². The van der Waals surface area contributed by atoms with Crippen molar-refractivity contribution in [2.24, 2.45) is 5.41 Å². The van der Waals surface area contributed by atoms with Crippen molar-refractivity contribution in [1.29, 1.82) is 0 Å². The molecule has 1 heterocycles. The zero-order valence-electron chi connectivity index (χ0n) is 11.2. The van der Waals surface area contributed by atoms with Gasteiger partial charge in [0.1, 0.15) is 0 Å². The van der Waals surface area contributed by atoms with Crippen molar-refractivity contribution >= 4 is 5.97 Å². The van der Waals surface area contributed by atoms with Gasteiger partial charge in [0.2, 0.25) is 0 Å².